The monoisotopic (exact) mass is 227 g/mol. The van der Waals surface area contributed by atoms with Gasteiger partial charge in [0.15, 0.2) is 0 Å². The normalized spacial score (nSPS) is 18.7. The van der Waals surface area contributed by atoms with Crippen molar-refractivity contribution in [2.24, 2.45) is 0 Å². The van der Waals surface area contributed by atoms with E-state index in [0.29, 0.717) is 0 Å². The van der Waals surface area contributed by atoms with E-state index >= 15 is 0 Å². The molecule has 16 heavy (non-hydrogen) atoms. The van der Waals surface area contributed by atoms with Crippen LogP contribution >= 0.6 is 0 Å². The van der Waals surface area contributed by atoms with Gasteiger partial charge in [0.05, 0.1) is 5.56 Å². The molecule has 1 aliphatic carbocycles. The number of rotatable bonds is 1. The Bertz CT molecular complexity index is 331. The van der Waals surface area contributed by atoms with E-state index in [1.54, 1.807) is 12.1 Å². The molecule has 0 N–H and O–H groups in total. The molecule has 0 bridgehead atoms. The lowest BCUT2D eigenvalue weighted by Gasteiger charge is -2.21. The standard InChI is InChI=1S/C13H14F3/c14-13(15,16)12-8-6-11(7-9-12)10-4-2-1-3-5-10/h6-9H,1-5H2. The average molecular weight is 227 g/mol. The Morgan fingerprint density at radius 2 is 1.38 bits per heavy atom. The largest absolute Gasteiger partial charge is 0.416 e. The van der Waals surface area contributed by atoms with Crippen molar-refractivity contribution in [1.29, 1.82) is 0 Å². The van der Waals surface area contributed by atoms with Crippen LogP contribution in [0.25, 0.3) is 0 Å². The Kier molecular flexibility index (Phi) is 3.22. The predicted molar refractivity (Wildman–Crippen MR) is 56.9 cm³/mol. The molecule has 0 saturated heterocycles. The molecule has 0 aliphatic heterocycles. The molecular weight excluding hydrogens is 213 g/mol. The number of benzene rings is 1. The van der Waals surface area contributed by atoms with Gasteiger partial charge in [0.25, 0.3) is 0 Å². The maximum absolute atomic E-state index is 12.4. The zero-order valence-electron chi connectivity index (χ0n) is 8.98. The van der Waals surface area contributed by atoms with Crippen LogP contribution in [0.2, 0.25) is 0 Å². The predicted octanol–water partition coefficient (Wildman–Crippen LogP) is 4.59. The van der Waals surface area contributed by atoms with E-state index in [2.05, 4.69) is 0 Å². The van der Waals surface area contributed by atoms with Gasteiger partial charge in [0.2, 0.25) is 0 Å². The van der Waals surface area contributed by atoms with Crippen molar-refractivity contribution < 1.29 is 13.2 Å². The quantitative estimate of drug-likeness (QED) is 0.658. The second-order valence-corrected chi connectivity index (χ2v) is 4.24. The Labute approximate surface area is 93.5 Å². The van der Waals surface area contributed by atoms with Crippen molar-refractivity contribution in [3.05, 3.63) is 41.3 Å². The van der Waals surface area contributed by atoms with Crippen LogP contribution in [-0.4, -0.2) is 0 Å². The third-order valence-corrected chi connectivity index (χ3v) is 3.08. The minimum absolute atomic E-state index is 0.562. The molecule has 0 aromatic heterocycles. The summed E-state index contributed by atoms with van der Waals surface area (Å²) in [5.41, 5.74) is 0.417. The van der Waals surface area contributed by atoms with Crippen LogP contribution in [0.15, 0.2) is 24.3 Å². The van der Waals surface area contributed by atoms with E-state index < -0.39 is 11.7 Å². The molecule has 1 aromatic rings. The van der Waals surface area contributed by atoms with E-state index in [9.17, 15) is 13.2 Å². The second kappa shape index (κ2) is 4.48. The molecule has 0 amide bonds. The minimum Gasteiger partial charge on any atom is -0.166 e. The van der Waals surface area contributed by atoms with Gasteiger partial charge in [-0.25, -0.2) is 0 Å². The average Bonchev–Trinajstić information content (AvgIpc) is 2.29. The molecule has 1 aliphatic rings. The Hall–Kier alpha value is -0.990. The van der Waals surface area contributed by atoms with Crippen molar-refractivity contribution in [1.82, 2.24) is 0 Å². The van der Waals surface area contributed by atoms with Crippen molar-refractivity contribution >= 4 is 0 Å². The van der Waals surface area contributed by atoms with Crippen molar-refractivity contribution in [2.75, 3.05) is 0 Å². The topological polar surface area (TPSA) is 0 Å². The number of halogens is 3. The number of hydrogen-bond acceptors (Lipinski definition) is 0. The molecule has 0 atom stereocenters. The molecule has 1 radical (unpaired) electrons. The first kappa shape index (κ1) is 11.5. The molecule has 1 aromatic carbocycles. The van der Waals surface area contributed by atoms with Gasteiger partial charge in [0.1, 0.15) is 0 Å². The van der Waals surface area contributed by atoms with Crippen LogP contribution in [-0.2, 0) is 6.18 Å². The molecule has 87 valence electrons. The summed E-state index contributed by atoms with van der Waals surface area (Å²) in [5, 5.41) is 0. The van der Waals surface area contributed by atoms with Crippen LogP contribution < -0.4 is 0 Å². The minimum atomic E-state index is -4.23. The van der Waals surface area contributed by atoms with Gasteiger partial charge in [-0.2, -0.15) is 13.2 Å². The molecular formula is C13H14F3. The zero-order valence-corrected chi connectivity index (χ0v) is 8.98. The van der Waals surface area contributed by atoms with Crippen molar-refractivity contribution in [2.45, 2.75) is 38.3 Å². The summed E-state index contributed by atoms with van der Waals surface area (Å²) in [7, 11) is 0. The molecule has 1 fully saturated rings. The fourth-order valence-electron chi connectivity index (χ4n) is 2.16. The van der Waals surface area contributed by atoms with Crippen LogP contribution in [0.5, 0.6) is 0 Å². The zero-order chi connectivity index (χ0) is 11.6. The third kappa shape index (κ3) is 2.57. The fraction of sp³-hybridized carbons (Fsp3) is 0.462. The lowest BCUT2D eigenvalue weighted by molar-refractivity contribution is -0.137. The Morgan fingerprint density at radius 3 is 1.88 bits per heavy atom. The van der Waals surface area contributed by atoms with Gasteiger partial charge in [-0.1, -0.05) is 31.4 Å². The summed E-state index contributed by atoms with van der Waals surface area (Å²) in [6.45, 7) is 0. The van der Waals surface area contributed by atoms with E-state index in [-0.39, 0.29) is 0 Å². The highest BCUT2D eigenvalue weighted by atomic mass is 19.4. The molecule has 0 spiro atoms. The van der Waals surface area contributed by atoms with E-state index in [1.807, 2.05) is 0 Å². The fourth-order valence-corrected chi connectivity index (χ4v) is 2.16. The van der Waals surface area contributed by atoms with Crippen molar-refractivity contribution in [3.63, 3.8) is 0 Å². The lowest BCUT2D eigenvalue weighted by atomic mass is 9.84. The third-order valence-electron chi connectivity index (χ3n) is 3.08. The van der Waals surface area contributed by atoms with Crippen LogP contribution in [0.4, 0.5) is 13.2 Å². The summed E-state index contributed by atoms with van der Waals surface area (Å²) in [4.78, 5) is 0. The Morgan fingerprint density at radius 1 is 0.812 bits per heavy atom. The van der Waals surface area contributed by atoms with Crippen LogP contribution in [0, 0.1) is 5.92 Å². The Balaban J connectivity index is 2.12. The van der Waals surface area contributed by atoms with E-state index in [0.717, 1.165) is 31.2 Å². The smallest absolute Gasteiger partial charge is 0.166 e. The molecule has 2 rings (SSSR count). The molecule has 0 nitrogen and oxygen atoms in total. The molecule has 0 unspecified atom stereocenters. The summed E-state index contributed by atoms with van der Waals surface area (Å²) in [5.74, 6) is 1.31. The van der Waals surface area contributed by atoms with Gasteiger partial charge in [-0.05, 0) is 30.5 Å². The number of alkyl halides is 3. The molecule has 1 saturated carbocycles. The number of hydrogen-bond donors (Lipinski definition) is 0. The summed E-state index contributed by atoms with van der Waals surface area (Å²) >= 11 is 0. The van der Waals surface area contributed by atoms with Gasteiger partial charge in [0, 0.05) is 5.92 Å². The molecule has 0 heterocycles. The second-order valence-electron chi connectivity index (χ2n) is 4.24. The van der Waals surface area contributed by atoms with E-state index in [1.165, 1.54) is 24.5 Å². The maximum Gasteiger partial charge on any atom is 0.416 e. The van der Waals surface area contributed by atoms with Gasteiger partial charge in [-0.3, -0.25) is 0 Å². The highest BCUT2D eigenvalue weighted by molar-refractivity contribution is 5.34. The first-order valence-electron chi connectivity index (χ1n) is 5.60. The molecule has 3 heteroatoms. The lowest BCUT2D eigenvalue weighted by Crippen LogP contribution is -2.08. The first-order chi connectivity index (χ1) is 7.57. The summed E-state index contributed by atoms with van der Waals surface area (Å²) < 4.78 is 37.1. The SMILES string of the molecule is FC(F)(F)c1ccc([C]2CCCCC2)cc1. The summed E-state index contributed by atoms with van der Waals surface area (Å²) in [6.07, 6.45) is 1.41. The van der Waals surface area contributed by atoms with Crippen LogP contribution in [0.1, 0.15) is 43.2 Å². The highest BCUT2D eigenvalue weighted by Gasteiger charge is 2.30. The highest BCUT2D eigenvalue weighted by Crippen LogP contribution is 2.34. The summed E-state index contributed by atoms with van der Waals surface area (Å²) in [6, 6.07) is 5.56. The maximum atomic E-state index is 12.4. The van der Waals surface area contributed by atoms with Gasteiger partial charge in [-0.15, -0.1) is 0 Å². The first-order valence-corrected chi connectivity index (χ1v) is 5.60. The van der Waals surface area contributed by atoms with Gasteiger partial charge < -0.3 is 0 Å². The van der Waals surface area contributed by atoms with E-state index in [4.69, 9.17) is 0 Å². The van der Waals surface area contributed by atoms with Crippen molar-refractivity contribution in [3.8, 4) is 0 Å². The van der Waals surface area contributed by atoms with Gasteiger partial charge >= 0.3 is 6.18 Å². The van der Waals surface area contributed by atoms with Crippen LogP contribution in [0.3, 0.4) is 0 Å².